The van der Waals surface area contributed by atoms with Crippen LogP contribution in [0.15, 0.2) is 30.4 Å². The van der Waals surface area contributed by atoms with Crippen LogP contribution in [0.5, 0.6) is 0 Å². The zero-order valence-electron chi connectivity index (χ0n) is 12.9. The van der Waals surface area contributed by atoms with Gasteiger partial charge < -0.3 is 5.32 Å². The summed E-state index contributed by atoms with van der Waals surface area (Å²) in [5, 5.41) is 3.80. The van der Waals surface area contributed by atoms with Gasteiger partial charge in [-0.25, -0.2) is 0 Å². The van der Waals surface area contributed by atoms with Crippen molar-refractivity contribution in [2.24, 2.45) is 16.7 Å². The van der Waals surface area contributed by atoms with Gasteiger partial charge in [0.1, 0.15) is 0 Å². The first kappa shape index (κ1) is 14.6. The summed E-state index contributed by atoms with van der Waals surface area (Å²) < 4.78 is 0. The zero-order valence-corrected chi connectivity index (χ0v) is 13.7. The molecule has 2 unspecified atom stereocenters. The number of hydrogen-bond acceptors (Lipinski definition) is 1. The monoisotopic (exact) mass is 303 g/mol. The Kier molecular flexibility index (Phi) is 3.21. The number of rotatable bonds is 2. The topological polar surface area (TPSA) is 29.1 Å². The Morgan fingerprint density at radius 2 is 2.14 bits per heavy atom. The van der Waals surface area contributed by atoms with Crippen LogP contribution in [0.25, 0.3) is 0 Å². The van der Waals surface area contributed by atoms with Crippen LogP contribution in [0.1, 0.15) is 38.7 Å². The van der Waals surface area contributed by atoms with Gasteiger partial charge in [0, 0.05) is 10.7 Å². The predicted molar refractivity (Wildman–Crippen MR) is 87.5 cm³/mol. The van der Waals surface area contributed by atoms with Crippen LogP contribution in [-0.2, 0) is 4.79 Å². The number of amides is 1. The second kappa shape index (κ2) is 4.61. The molecule has 2 atom stereocenters. The van der Waals surface area contributed by atoms with E-state index >= 15 is 0 Å². The molecule has 21 heavy (non-hydrogen) atoms. The van der Waals surface area contributed by atoms with Gasteiger partial charge in [0.25, 0.3) is 0 Å². The third-order valence-electron chi connectivity index (χ3n) is 5.76. The highest BCUT2D eigenvalue weighted by Crippen LogP contribution is 2.65. The largest absolute Gasteiger partial charge is 0.325 e. The number of carbonyl (C=O) groups is 1. The Labute approximate surface area is 131 Å². The van der Waals surface area contributed by atoms with Gasteiger partial charge in [-0.05, 0) is 61.3 Å². The van der Waals surface area contributed by atoms with Gasteiger partial charge >= 0.3 is 0 Å². The molecule has 3 rings (SSSR count). The summed E-state index contributed by atoms with van der Waals surface area (Å²) in [6.45, 7) is 10.7. The summed E-state index contributed by atoms with van der Waals surface area (Å²) in [5.41, 5.74) is 2.64. The molecule has 0 spiro atoms. The quantitative estimate of drug-likeness (QED) is 0.768. The lowest BCUT2D eigenvalue weighted by molar-refractivity contribution is -0.123. The second-order valence-electron chi connectivity index (χ2n) is 7.14. The first-order valence-corrected chi connectivity index (χ1v) is 7.92. The first-order valence-electron chi connectivity index (χ1n) is 7.55. The fourth-order valence-corrected chi connectivity index (χ4v) is 4.38. The first-order chi connectivity index (χ1) is 9.77. The highest BCUT2D eigenvalue weighted by molar-refractivity contribution is 6.30. The molecular weight excluding hydrogens is 282 g/mol. The number of hydrogen-bond donors (Lipinski definition) is 1. The van der Waals surface area contributed by atoms with Crippen molar-refractivity contribution in [3.05, 3.63) is 40.9 Å². The van der Waals surface area contributed by atoms with Gasteiger partial charge in [0.2, 0.25) is 5.91 Å². The number of carbonyl (C=O) groups excluding carboxylic acids is 1. The van der Waals surface area contributed by atoms with E-state index in [1.165, 1.54) is 0 Å². The Hall–Kier alpha value is -1.28. The van der Waals surface area contributed by atoms with Gasteiger partial charge in [-0.2, -0.15) is 0 Å². The van der Waals surface area contributed by atoms with Crippen molar-refractivity contribution in [2.75, 3.05) is 5.32 Å². The van der Waals surface area contributed by atoms with Gasteiger partial charge in [-0.1, -0.05) is 37.6 Å². The minimum Gasteiger partial charge on any atom is -0.325 e. The van der Waals surface area contributed by atoms with Crippen LogP contribution in [-0.4, -0.2) is 5.91 Å². The van der Waals surface area contributed by atoms with E-state index in [2.05, 4.69) is 25.7 Å². The predicted octanol–water partition coefficient (Wildman–Crippen LogP) is 4.97. The second-order valence-corrected chi connectivity index (χ2v) is 7.57. The number of halogens is 1. The van der Waals surface area contributed by atoms with E-state index < -0.39 is 0 Å². The molecule has 0 heterocycles. The summed E-state index contributed by atoms with van der Waals surface area (Å²) in [6.07, 6.45) is 2.99. The molecule has 0 aromatic heterocycles. The third kappa shape index (κ3) is 2.03. The number of aryl methyl sites for hydroxylation is 1. The minimum atomic E-state index is -0.375. The van der Waals surface area contributed by atoms with Crippen LogP contribution in [0, 0.1) is 23.7 Å². The molecule has 0 aliphatic heterocycles. The smallest absolute Gasteiger partial charge is 0.234 e. The lowest BCUT2D eigenvalue weighted by atomic mass is 9.68. The molecule has 1 N–H and O–H groups in total. The van der Waals surface area contributed by atoms with Gasteiger partial charge in [-0.15, -0.1) is 0 Å². The van der Waals surface area contributed by atoms with Gasteiger partial charge in [0.05, 0.1) is 5.41 Å². The van der Waals surface area contributed by atoms with Crippen molar-refractivity contribution in [1.82, 2.24) is 0 Å². The molecule has 2 aliphatic carbocycles. The number of fused-ring (bicyclic) bond motifs is 2. The Morgan fingerprint density at radius 1 is 1.43 bits per heavy atom. The zero-order chi connectivity index (χ0) is 15.4. The molecule has 1 amide bonds. The van der Waals surface area contributed by atoms with Gasteiger partial charge in [-0.3, -0.25) is 4.79 Å². The van der Waals surface area contributed by atoms with Crippen LogP contribution < -0.4 is 5.32 Å². The molecular formula is C18H22ClNO. The van der Waals surface area contributed by atoms with E-state index in [1.54, 1.807) is 0 Å². The van der Waals surface area contributed by atoms with Crippen molar-refractivity contribution in [3.8, 4) is 0 Å². The molecule has 112 valence electrons. The molecule has 2 nitrogen and oxygen atoms in total. The maximum atomic E-state index is 12.9. The van der Waals surface area contributed by atoms with E-state index in [0.717, 1.165) is 36.1 Å². The Balaban J connectivity index is 1.88. The highest BCUT2D eigenvalue weighted by atomic mass is 35.5. The van der Waals surface area contributed by atoms with Crippen LogP contribution in [0.3, 0.4) is 0 Å². The highest BCUT2D eigenvalue weighted by Gasteiger charge is 2.60. The summed E-state index contributed by atoms with van der Waals surface area (Å²) >= 11 is 5.98. The van der Waals surface area contributed by atoms with Gasteiger partial charge in [0.15, 0.2) is 0 Å². The van der Waals surface area contributed by atoms with Crippen molar-refractivity contribution >= 4 is 23.2 Å². The lowest BCUT2D eigenvalue weighted by Gasteiger charge is -2.37. The maximum Gasteiger partial charge on any atom is 0.234 e. The van der Waals surface area contributed by atoms with E-state index in [1.807, 2.05) is 25.1 Å². The van der Waals surface area contributed by atoms with Crippen LogP contribution in [0.2, 0.25) is 5.02 Å². The Morgan fingerprint density at radius 3 is 2.71 bits per heavy atom. The standard InChI is InChI=1S/C18H22ClNO/c1-11-9-14(19)5-6-15(11)20-16(21)18-8-7-13(10-18)17(3,4)12(18)2/h5-6,9,13H,2,7-8,10H2,1,3-4H3,(H,20,21). The Bertz CT molecular complexity index is 634. The van der Waals surface area contributed by atoms with Crippen LogP contribution >= 0.6 is 11.6 Å². The summed E-state index contributed by atoms with van der Waals surface area (Å²) in [5.74, 6) is 0.688. The van der Waals surface area contributed by atoms with E-state index in [4.69, 9.17) is 11.6 Å². The normalized spacial score (nSPS) is 29.7. The fraction of sp³-hybridized carbons (Fsp3) is 0.500. The lowest BCUT2D eigenvalue weighted by Crippen LogP contribution is -2.37. The van der Waals surface area contributed by atoms with Crippen molar-refractivity contribution in [3.63, 3.8) is 0 Å². The van der Waals surface area contributed by atoms with E-state index in [-0.39, 0.29) is 16.7 Å². The molecule has 2 fully saturated rings. The minimum absolute atomic E-state index is 0.0740. The van der Waals surface area contributed by atoms with E-state index in [0.29, 0.717) is 10.9 Å². The SMILES string of the molecule is C=C1C2(C(=O)Nc3ccc(Cl)cc3C)CCC(C2)C1(C)C. The third-order valence-corrected chi connectivity index (χ3v) is 6.00. The number of anilines is 1. The summed E-state index contributed by atoms with van der Waals surface area (Å²) in [4.78, 5) is 12.9. The van der Waals surface area contributed by atoms with Crippen LogP contribution in [0.4, 0.5) is 5.69 Å². The molecule has 2 saturated carbocycles. The molecule has 2 bridgehead atoms. The maximum absolute atomic E-state index is 12.9. The number of nitrogens with one attached hydrogen (secondary N) is 1. The average Bonchev–Trinajstić information content (AvgIpc) is 2.93. The molecule has 2 aliphatic rings. The molecule has 3 heteroatoms. The average molecular weight is 304 g/mol. The van der Waals surface area contributed by atoms with Crippen molar-refractivity contribution < 1.29 is 4.79 Å². The molecule has 0 radical (unpaired) electrons. The number of benzene rings is 1. The molecule has 0 saturated heterocycles. The van der Waals surface area contributed by atoms with Crippen molar-refractivity contribution in [1.29, 1.82) is 0 Å². The fourth-order valence-electron chi connectivity index (χ4n) is 4.15. The van der Waals surface area contributed by atoms with Crippen molar-refractivity contribution in [2.45, 2.75) is 40.0 Å². The van der Waals surface area contributed by atoms with E-state index in [9.17, 15) is 4.79 Å². The molecule has 1 aromatic carbocycles. The summed E-state index contributed by atoms with van der Waals surface area (Å²) in [7, 11) is 0. The summed E-state index contributed by atoms with van der Waals surface area (Å²) in [6, 6.07) is 5.56. The molecule has 1 aromatic rings.